The van der Waals surface area contributed by atoms with Crippen LogP contribution in [0.2, 0.25) is 0 Å². The number of aryl methyl sites for hydroxylation is 2. The second-order valence-corrected chi connectivity index (χ2v) is 11.0. The average Bonchev–Trinajstić information content (AvgIpc) is 3.21. The minimum atomic E-state index is -0.114. The Kier molecular flexibility index (Phi) is 7.09. The van der Waals surface area contributed by atoms with E-state index in [1.54, 1.807) is 16.3 Å². The molecule has 36 heavy (non-hydrogen) atoms. The Morgan fingerprint density at radius 2 is 1.61 bits per heavy atom. The highest BCUT2D eigenvalue weighted by Crippen LogP contribution is 2.30. The number of thiazole rings is 1. The number of nitrogens with zero attached hydrogens (tertiary/aromatic N) is 3. The van der Waals surface area contributed by atoms with E-state index in [9.17, 15) is 4.79 Å². The normalized spacial score (nSPS) is 11.2. The number of ether oxygens (including phenoxy) is 1. The van der Waals surface area contributed by atoms with Gasteiger partial charge in [-0.3, -0.25) is 13.9 Å². The number of hydrogen-bond acceptors (Lipinski definition) is 6. The molecule has 0 fully saturated rings. The summed E-state index contributed by atoms with van der Waals surface area (Å²) in [5.74, 6) is 1.49. The van der Waals surface area contributed by atoms with Crippen LogP contribution in [0.4, 0.5) is 0 Å². The highest BCUT2D eigenvalue weighted by Gasteiger charge is 2.19. The highest BCUT2D eigenvalue weighted by atomic mass is 32.2. The molecule has 0 aliphatic heterocycles. The Balaban J connectivity index is 1.68. The van der Waals surface area contributed by atoms with E-state index in [2.05, 4.69) is 19.1 Å². The van der Waals surface area contributed by atoms with Crippen LogP contribution in [0.1, 0.15) is 23.6 Å². The Labute approximate surface area is 223 Å². The van der Waals surface area contributed by atoms with Gasteiger partial charge in [-0.15, -0.1) is 0 Å². The van der Waals surface area contributed by atoms with Crippen molar-refractivity contribution in [2.45, 2.75) is 31.7 Å². The van der Waals surface area contributed by atoms with Crippen LogP contribution >= 0.6 is 35.3 Å². The topological polar surface area (TPSA) is 49.0 Å². The molecule has 5 rings (SSSR count). The lowest BCUT2D eigenvalue weighted by atomic mass is 10.1. The first-order valence-electron chi connectivity index (χ1n) is 11.6. The van der Waals surface area contributed by atoms with Gasteiger partial charge in [0, 0.05) is 11.4 Å². The summed E-state index contributed by atoms with van der Waals surface area (Å²) in [6, 6.07) is 23.9. The Morgan fingerprint density at radius 3 is 2.31 bits per heavy atom. The van der Waals surface area contributed by atoms with Crippen LogP contribution in [0.3, 0.4) is 0 Å². The van der Waals surface area contributed by atoms with Gasteiger partial charge in [-0.2, -0.15) is 0 Å². The Bertz CT molecular complexity index is 1650. The van der Waals surface area contributed by atoms with Gasteiger partial charge in [0.05, 0.1) is 12.3 Å². The number of aromatic nitrogens is 3. The number of benzene rings is 3. The minimum absolute atomic E-state index is 0.114. The molecule has 0 spiro atoms. The molecule has 5 aromatic rings. The molecule has 0 saturated carbocycles. The van der Waals surface area contributed by atoms with E-state index in [4.69, 9.17) is 21.9 Å². The minimum Gasteiger partial charge on any atom is -0.494 e. The first-order chi connectivity index (χ1) is 17.5. The third kappa shape index (κ3) is 4.76. The van der Waals surface area contributed by atoms with Gasteiger partial charge in [0.25, 0.3) is 5.56 Å². The molecule has 0 radical (unpaired) electrons. The molecule has 3 aromatic carbocycles. The van der Waals surface area contributed by atoms with Crippen LogP contribution < -0.4 is 10.3 Å². The monoisotopic (exact) mass is 531 g/mol. The van der Waals surface area contributed by atoms with Crippen molar-refractivity contribution in [3.05, 3.63) is 104 Å². The van der Waals surface area contributed by atoms with Gasteiger partial charge in [-0.1, -0.05) is 65.1 Å². The average molecular weight is 532 g/mol. The summed E-state index contributed by atoms with van der Waals surface area (Å²) in [5.41, 5.74) is 5.66. The van der Waals surface area contributed by atoms with Crippen LogP contribution in [-0.4, -0.2) is 20.7 Å². The standard InChI is InChI=1S/C28H25N3O2S3/c1-4-33-23-15-13-21(14-16-23)30-25-24(36-28(30)34)26(32)31(22-11-9-18(2)10-12-22)27(29-25)35-17-20-8-6-5-7-19(20)3/h5-16H,4,17H2,1-3H3. The molecule has 2 heterocycles. The van der Waals surface area contributed by atoms with Crippen molar-refractivity contribution in [2.24, 2.45) is 0 Å². The van der Waals surface area contributed by atoms with E-state index in [0.717, 1.165) is 22.7 Å². The molecule has 2 aromatic heterocycles. The summed E-state index contributed by atoms with van der Waals surface area (Å²) in [6.45, 7) is 6.68. The second kappa shape index (κ2) is 10.4. The summed E-state index contributed by atoms with van der Waals surface area (Å²) >= 11 is 8.56. The molecule has 182 valence electrons. The summed E-state index contributed by atoms with van der Waals surface area (Å²) in [4.78, 5) is 18.9. The van der Waals surface area contributed by atoms with Gasteiger partial charge < -0.3 is 4.74 Å². The molecule has 8 heteroatoms. The van der Waals surface area contributed by atoms with Gasteiger partial charge >= 0.3 is 0 Å². The van der Waals surface area contributed by atoms with E-state index in [0.29, 0.717) is 31.8 Å². The zero-order chi connectivity index (χ0) is 25.2. The Hall–Kier alpha value is -3.20. The van der Waals surface area contributed by atoms with Gasteiger partial charge in [0.1, 0.15) is 10.4 Å². The molecular weight excluding hydrogens is 507 g/mol. The third-order valence-corrected chi connectivity index (χ3v) is 8.23. The van der Waals surface area contributed by atoms with Crippen LogP contribution in [-0.2, 0) is 5.75 Å². The number of fused-ring (bicyclic) bond motifs is 1. The molecule has 0 amide bonds. The third-order valence-electron chi connectivity index (χ3n) is 5.89. The van der Waals surface area contributed by atoms with Crippen LogP contribution in [0.25, 0.3) is 21.7 Å². The van der Waals surface area contributed by atoms with E-state index in [-0.39, 0.29) is 5.56 Å². The number of rotatable bonds is 7. The van der Waals surface area contributed by atoms with Gasteiger partial charge in [-0.05, 0) is 80.5 Å². The van der Waals surface area contributed by atoms with Crippen molar-refractivity contribution in [3.8, 4) is 17.1 Å². The fraction of sp³-hybridized carbons (Fsp3) is 0.179. The van der Waals surface area contributed by atoms with Gasteiger partial charge in [0.2, 0.25) is 0 Å². The van der Waals surface area contributed by atoms with Crippen LogP contribution in [0.5, 0.6) is 5.75 Å². The molecule has 5 nitrogen and oxygen atoms in total. The van der Waals surface area contributed by atoms with E-state index in [1.165, 1.54) is 22.5 Å². The lowest BCUT2D eigenvalue weighted by Crippen LogP contribution is -2.21. The van der Waals surface area contributed by atoms with Crippen molar-refractivity contribution in [3.63, 3.8) is 0 Å². The number of hydrogen-bond donors (Lipinski definition) is 0. The quantitative estimate of drug-likeness (QED) is 0.126. The van der Waals surface area contributed by atoms with Crippen molar-refractivity contribution in [1.82, 2.24) is 14.1 Å². The molecule has 0 bridgehead atoms. The molecule has 0 aliphatic carbocycles. The smallest absolute Gasteiger partial charge is 0.278 e. The summed E-state index contributed by atoms with van der Waals surface area (Å²) in [6.07, 6.45) is 0. The van der Waals surface area contributed by atoms with Gasteiger partial charge in [0.15, 0.2) is 14.8 Å². The first-order valence-corrected chi connectivity index (χ1v) is 13.8. The summed E-state index contributed by atoms with van der Waals surface area (Å²) in [5, 5.41) is 0.632. The SMILES string of the molecule is CCOc1ccc(-n2c(=S)sc3c(=O)n(-c4ccc(C)cc4)c(SCc4ccccc4C)nc32)cc1. The molecule has 0 N–H and O–H groups in total. The molecular formula is C28H25N3O2S3. The number of thioether (sulfide) groups is 1. The predicted molar refractivity (Wildman–Crippen MR) is 152 cm³/mol. The molecule has 0 aliphatic rings. The lowest BCUT2D eigenvalue weighted by molar-refractivity contribution is 0.340. The molecule has 0 atom stereocenters. The fourth-order valence-electron chi connectivity index (χ4n) is 3.95. The van der Waals surface area contributed by atoms with E-state index in [1.807, 2.05) is 79.1 Å². The predicted octanol–water partition coefficient (Wildman–Crippen LogP) is 7.28. The summed E-state index contributed by atoms with van der Waals surface area (Å²) < 4.78 is 10.3. The maximum atomic E-state index is 13.9. The van der Waals surface area contributed by atoms with Crippen molar-refractivity contribution in [1.29, 1.82) is 0 Å². The van der Waals surface area contributed by atoms with Crippen LogP contribution in [0.15, 0.2) is 82.7 Å². The van der Waals surface area contributed by atoms with Crippen molar-refractivity contribution in [2.75, 3.05) is 6.61 Å². The molecule has 0 saturated heterocycles. The van der Waals surface area contributed by atoms with Crippen LogP contribution in [0, 0.1) is 17.8 Å². The summed E-state index contributed by atoms with van der Waals surface area (Å²) in [7, 11) is 0. The maximum Gasteiger partial charge on any atom is 0.278 e. The molecule has 0 unspecified atom stereocenters. The van der Waals surface area contributed by atoms with Crippen molar-refractivity contribution >= 4 is 45.7 Å². The zero-order valence-corrected chi connectivity index (χ0v) is 22.7. The van der Waals surface area contributed by atoms with E-state index < -0.39 is 0 Å². The first kappa shape index (κ1) is 24.5. The highest BCUT2D eigenvalue weighted by molar-refractivity contribution is 7.98. The maximum absolute atomic E-state index is 13.9. The van der Waals surface area contributed by atoms with Crippen molar-refractivity contribution < 1.29 is 4.74 Å². The van der Waals surface area contributed by atoms with E-state index >= 15 is 0 Å². The zero-order valence-electron chi connectivity index (χ0n) is 20.2. The second-order valence-electron chi connectivity index (χ2n) is 8.37. The largest absolute Gasteiger partial charge is 0.494 e. The Morgan fingerprint density at radius 1 is 0.944 bits per heavy atom. The fourth-order valence-corrected chi connectivity index (χ4v) is 6.34. The lowest BCUT2D eigenvalue weighted by Gasteiger charge is -2.14. The van der Waals surface area contributed by atoms with Gasteiger partial charge in [-0.25, -0.2) is 4.98 Å².